The molecular weight excluding hydrogens is 445 g/mol. The Labute approximate surface area is 173 Å². The van der Waals surface area contributed by atoms with Crippen molar-refractivity contribution in [1.29, 1.82) is 0 Å². The van der Waals surface area contributed by atoms with Crippen LogP contribution in [0.3, 0.4) is 0 Å². The van der Waals surface area contributed by atoms with Gasteiger partial charge < -0.3 is 19.7 Å². The Morgan fingerprint density at radius 3 is 2.65 bits per heavy atom. The van der Waals surface area contributed by atoms with Crippen LogP contribution in [0.1, 0.15) is 26.6 Å². The number of aromatic nitrogens is 3. The van der Waals surface area contributed by atoms with Crippen molar-refractivity contribution in [3.8, 4) is 0 Å². The van der Waals surface area contributed by atoms with E-state index in [0.29, 0.717) is 38.7 Å². The number of nitrogens with zero attached hydrogens (tertiary/aromatic N) is 6. The lowest BCUT2D eigenvalue weighted by Gasteiger charge is -2.25. The summed E-state index contributed by atoms with van der Waals surface area (Å²) in [5.74, 6) is 1.72. The van der Waals surface area contributed by atoms with Crippen molar-refractivity contribution in [2.75, 3.05) is 39.8 Å². The number of nitrogens with one attached hydrogen (secondary N) is 1. The summed E-state index contributed by atoms with van der Waals surface area (Å²) in [7, 11) is 1.87. The van der Waals surface area contributed by atoms with E-state index in [1.54, 1.807) is 12.4 Å². The van der Waals surface area contributed by atoms with E-state index in [-0.39, 0.29) is 36.4 Å². The highest BCUT2D eigenvalue weighted by Gasteiger charge is 2.15. The number of hydrogen-bond acceptors (Lipinski definition) is 4. The summed E-state index contributed by atoms with van der Waals surface area (Å²) in [5, 5.41) is 11.2. The zero-order chi connectivity index (χ0) is 18.7. The van der Waals surface area contributed by atoms with Crippen LogP contribution in [-0.4, -0.2) is 76.2 Å². The lowest BCUT2D eigenvalue weighted by Crippen LogP contribution is -2.45. The zero-order valence-corrected chi connectivity index (χ0v) is 18.6. The highest BCUT2D eigenvalue weighted by Crippen LogP contribution is 1.97. The molecule has 8 nitrogen and oxygen atoms in total. The second-order valence-electron chi connectivity index (χ2n) is 5.59. The van der Waals surface area contributed by atoms with Crippen LogP contribution < -0.4 is 5.32 Å². The van der Waals surface area contributed by atoms with Gasteiger partial charge in [-0.2, -0.15) is 0 Å². The Morgan fingerprint density at radius 1 is 1.38 bits per heavy atom. The highest BCUT2D eigenvalue weighted by molar-refractivity contribution is 14.0. The van der Waals surface area contributed by atoms with Gasteiger partial charge in [-0.15, -0.1) is 40.8 Å². The quantitative estimate of drug-likeness (QED) is 0.239. The van der Waals surface area contributed by atoms with Gasteiger partial charge in [0.15, 0.2) is 5.96 Å². The van der Waals surface area contributed by atoms with Crippen molar-refractivity contribution in [3.63, 3.8) is 0 Å². The summed E-state index contributed by atoms with van der Waals surface area (Å²) in [6.45, 7) is 13.3. The summed E-state index contributed by atoms with van der Waals surface area (Å²) in [6.07, 6.45) is 4.33. The van der Waals surface area contributed by atoms with Gasteiger partial charge in [0.1, 0.15) is 12.2 Å². The van der Waals surface area contributed by atoms with Crippen LogP contribution >= 0.6 is 24.0 Å². The van der Waals surface area contributed by atoms with E-state index >= 15 is 0 Å². The fraction of sp³-hybridized carbons (Fsp3) is 0.647. The molecule has 1 heterocycles. The zero-order valence-electron chi connectivity index (χ0n) is 16.3. The Kier molecular flexibility index (Phi) is 12.7. The van der Waals surface area contributed by atoms with Crippen molar-refractivity contribution in [1.82, 2.24) is 29.9 Å². The van der Waals surface area contributed by atoms with Crippen LogP contribution in [0, 0.1) is 0 Å². The fourth-order valence-corrected chi connectivity index (χ4v) is 2.43. The smallest absolute Gasteiger partial charge is 0.242 e. The van der Waals surface area contributed by atoms with Crippen molar-refractivity contribution < 1.29 is 4.79 Å². The number of hydrogen-bond donors (Lipinski definition) is 1. The summed E-state index contributed by atoms with van der Waals surface area (Å²) < 4.78 is 2.00. The van der Waals surface area contributed by atoms with Crippen molar-refractivity contribution in [2.24, 2.45) is 4.99 Å². The minimum absolute atomic E-state index is 0. The monoisotopic (exact) mass is 477 g/mol. The molecule has 0 spiro atoms. The number of rotatable bonds is 10. The predicted molar refractivity (Wildman–Crippen MR) is 116 cm³/mol. The first-order chi connectivity index (χ1) is 12.1. The standard InChI is InChI=1S/C17H31N7O.HI/c1-6-10-18-17(22(5)13-16(25)23(8-3)9-4)19-11-12-24-14-20-21-15(24)7-2;/h6,14H,1,7-13H2,2-5H3,(H,18,19);1H. The molecule has 0 aliphatic carbocycles. The third-order valence-corrected chi connectivity index (χ3v) is 3.87. The van der Waals surface area contributed by atoms with E-state index in [0.717, 1.165) is 12.2 Å². The first-order valence-corrected chi connectivity index (χ1v) is 8.82. The minimum Gasteiger partial charge on any atom is -0.353 e. The molecule has 26 heavy (non-hydrogen) atoms. The van der Waals surface area contributed by atoms with Crippen LogP contribution in [0.25, 0.3) is 0 Å². The van der Waals surface area contributed by atoms with Gasteiger partial charge in [-0.3, -0.25) is 9.79 Å². The SMILES string of the molecule is C=CCNC(=NCCn1cnnc1CC)N(C)CC(=O)N(CC)CC.I. The second-order valence-corrected chi connectivity index (χ2v) is 5.59. The average molecular weight is 477 g/mol. The van der Waals surface area contributed by atoms with Gasteiger partial charge in [0.25, 0.3) is 0 Å². The molecule has 0 atom stereocenters. The van der Waals surface area contributed by atoms with Crippen LogP contribution in [-0.2, 0) is 17.8 Å². The molecule has 1 rings (SSSR count). The average Bonchev–Trinajstić information content (AvgIpc) is 3.06. The molecule has 0 aliphatic rings. The molecule has 0 radical (unpaired) electrons. The van der Waals surface area contributed by atoms with E-state index < -0.39 is 0 Å². The fourth-order valence-electron chi connectivity index (χ4n) is 2.43. The number of guanidine groups is 1. The summed E-state index contributed by atoms with van der Waals surface area (Å²) in [5.41, 5.74) is 0. The minimum atomic E-state index is 0. The van der Waals surface area contributed by atoms with Crippen LogP contribution in [0.2, 0.25) is 0 Å². The number of carbonyl (C=O) groups excluding carboxylic acids is 1. The molecular formula is C17H32IN7O. The first-order valence-electron chi connectivity index (χ1n) is 8.82. The van der Waals surface area contributed by atoms with Crippen LogP contribution in [0.15, 0.2) is 24.0 Å². The lowest BCUT2D eigenvalue weighted by molar-refractivity contribution is -0.131. The van der Waals surface area contributed by atoms with Crippen LogP contribution in [0.5, 0.6) is 0 Å². The Hall–Kier alpha value is -1.65. The van der Waals surface area contributed by atoms with Gasteiger partial charge in [0, 0.05) is 39.6 Å². The van der Waals surface area contributed by atoms with Gasteiger partial charge in [-0.25, -0.2) is 0 Å². The molecule has 1 aromatic heterocycles. The maximum absolute atomic E-state index is 12.3. The van der Waals surface area contributed by atoms with Gasteiger partial charge in [-0.1, -0.05) is 13.0 Å². The number of amides is 1. The van der Waals surface area contributed by atoms with Gasteiger partial charge in [0.2, 0.25) is 5.91 Å². The van der Waals surface area contributed by atoms with Crippen molar-refractivity contribution >= 4 is 35.8 Å². The number of aryl methyl sites for hydroxylation is 1. The molecule has 0 aliphatic heterocycles. The third kappa shape index (κ3) is 7.71. The Bertz CT molecular complexity index is 569. The first kappa shape index (κ1) is 24.4. The molecule has 1 aromatic rings. The maximum Gasteiger partial charge on any atom is 0.242 e. The summed E-state index contributed by atoms with van der Waals surface area (Å²) in [4.78, 5) is 20.6. The number of likely N-dealkylation sites (N-methyl/N-ethyl adjacent to an activating group) is 2. The summed E-state index contributed by atoms with van der Waals surface area (Å²) >= 11 is 0. The van der Waals surface area contributed by atoms with E-state index in [1.807, 2.05) is 42.2 Å². The lowest BCUT2D eigenvalue weighted by atomic mass is 10.4. The topological polar surface area (TPSA) is 78.6 Å². The molecule has 148 valence electrons. The molecule has 0 unspecified atom stereocenters. The molecule has 9 heteroatoms. The number of carbonyl (C=O) groups is 1. The maximum atomic E-state index is 12.3. The molecule has 0 saturated carbocycles. The second kappa shape index (κ2) is 13.5. The molecule has 1 N–H and O–H groups in total. The summed E-state index contributed by atoms with van der Waals surface area (Å²) in [6, 6.07) is 0. The van der Waals surface area contributed by atoms with Gasteiger partial charge >= 0.3 is 0 Å². The van der Waals surface area contributed by atoms with Crippen molar-refractivity contribution in [3.05, 3.63) is 24.8 Å². The van der Waals surface area contributed by atoms with Gasteiger partial charge in [0.05, 0.1) is 13.1 Å². The molecule has 1 amide bonds. The van der Waals surface area contributed by atoms with Crippen LogP contribution in [0.4, 0.5) is 0 Å². The Morgan fingerprint density at radius 2 is 2.08 bits per heavy atom. The number of aliphatic imine (C=N–C) groups is 1. The van der Waals surface area contributed by atoms with Crippen molar-refractivity contribution in [2.45, 2.75) is 33.7 Å². The molecule has 0 bridgehead atoms. The largest absolute Gasteiger partial charge is 0.353 e. The molecule has 0 saturated heterocycles. The highest BCUT2D eigenvalue weighted by atomic mass is 127. The van der Waals surface area contributed by atoms with E-state index in [9.17, 15) is 4.79 Å². The molecule has 0 aromatic carbocycles. The van der Waals surface area contributed by atoms with E-state index in [1.165, 1.54) is 0 Å². The number of halogens is 1. The third-order valence-electron chi connectivity index (χ3n) is 3.87. The molecule has 0 fully saturated rings. The van der Waals surface area contributed by atoms with E-state index in [2.05, 4.69) is 27.1 Å². The predicted octanol–water partition coefficient (Wildman–Crippen LogP) is 1.39. The van der Waals surface area contributed by atoms with E-state index in [4.69, 9.17) is 0 Å². The normalized spacial score (nSPS) is 10.8. The van der Waals surface area contributed by atoms with Gasteiger partial charge in [-0.05, 0) is 13.8 Å². The Balaban J connectivity index is 0.00000625.